The van der Waals surface area contributed by atoms with E-state index in [1.54, 1.807) is 24.3 Å². The Morgan fingerprint density at radius 2 is 1.77 bits per heavy atom. The summed E-state index contributed by atoms with van der Waals surface area (Å²) in [6, 6.07) is 16.7. The van der Waals surface area contributed by atoms with E-state index in [1.807, 2.05) is 30.3 Å². The zero-order valence-electron chi connectivity index (χ0n) is 17.0. The molecule has 1 fully saturated rings. The van der Waals surface area contributed by atoms with E-state index in [4.69, 9.17) is 4.74 Å². The summed E-state index contributed by atoms with van der Waals surface area (Å²) in [5.74, 6) is 6.03. The summed E-state index contributed by atoms with van der Waals surface area (Å²) in [5.41, 5.74) is 2.23. The van der Waals surface area contributed by atoms with Crippen molar-refractivity contribution in [3.63, 3.8) is 0 Å². The van der Waals surface area contributed by atoms with Gasteiger partial charge in [-0.25, -0.2) is 4.79 Å². The Balaban J connectivity index is 1.56. The van der Waals surface area contributed by atoms with Gasteiger partial charge in [-0.2, -0.15) is 0 Å². The van der Waals surface area contributed by atoms with Crippen LogP contribution in [-0.2, 0) is 4.74 Å². The average Bonchev–Trinajstić information content (AvgIpc) is 3.23. The van der Waals surface area contributed by atoms with Crippen molar-refractivity contribution in [2.24, 2.45) is 0 Å². The number of aromatic nitrogens is 1. The number of H-pyrrole nitrogens is 1. The molecule has 1 aliphatic carbocycles. The molecule has 0 saturated heterocycles. The maximum atomic E-state index is 13.0. The highest BCUT2D eigenvalue weighted by atomic mass is 16.5. The molecule has 2 N–H and O–H groups in total. The molecule has 2 aromatic carbocycles. The Morgan fingerprint density at radius 3 is 2.47 bits per heavy atom. The normalized spacial score (nSPS) is 15.1. The van der Waals surface area contributed by atoms with E-state index in [0.29, 0.717) is 11.3 Å². The number of para-hydroxylation sites is 1. The van der Waals surface area contributed by atoms with Gasteiger partial charge in [0.05, 0.1) is 12.7 Å². The largest absolute Gasteiger partial charge is 0.465 e. The van der Waals surface area contributed by atoms with Crippen LogP contribution < -0.4 is 5.32 Å². The third kappa shape index (κ3) is 4.23. The Hall–Kier alpha value is -3.52. The fourth-order valence-corrected chi connectivity index (χ4v) is 3.92. The van der Waals surface area contributed by atoms with Crippen molar-refractivity contribution in [2.45, 2.75) is 37.6 Å². The third-order valence-electron chi connectivity index (χ3n) is 5.59. The number of amides is 1. The lowest BCUT2D eigenvalue weighted by Gasteiger charge is -2.33. The number of benzene rings is 2. The maximum Gasteiger partial charge on any atom is 0.337 e. The number of fused-ring (bicyclic) bond motifs is 1. The van der Waals surface area contributed by atoms with Crippen molar-refractivity contribution in [3.05, 3.63) is 71.4 Å². The van der Waals surface area contributed by atoms with E-state index in [0.717, 1.165) is 48.6 Å². The predicted molar refractivity (Wildman–Crippen MR) is 116 cm³/mol. The Kier molecular flexibility index (Phi) is 5.58. The fraction of sp³-hybridized carbons (Fsp3) is 0.280. The minimum atomic E-state index is -0.548. The number of hydrogen-bond donors (Lipinski definition) is 2. The molecule has 1 aromatic heterocycles. The van der Waals surface area contributed by atoms with Gasteiger partial charge in [0.25, 0.3) is 5.91 Å². The number of methoxy groups -OCH3 is 1. The number of hydrogen-bond acceptors (Lipinski definition) is 3. The van der Waals surface area contributed by atoms with Crippen LogP contribution in [0.2, 0.25) is 0 Å². The number of carbonyl (C=O) groups is 2. The van der Waals surface area contributed by atoms with Crippen LogP contribution in [0.4, 0.5) is 0 Å². The van der Waals surface area contributed by atoms with Gasteiger partial charge in [-0.05, 0) is 49.2 Å². The molecular formula is C25H24N2O3. The highest BCUT2D eigenvalue weighted by molar-refractivity contribution is 5.98. The quantitative estimate of drug-likeness (QED) is 0.504. The number of aromatic amines is 1. The van der Waals surface area contributed by atoms with Gasteiger partial charge in [0.15, 0.2) is 0 Å². The van der Waals surface area contributed by atoms with Crippen LogP contribution in [-0.4, -0.2) is 29.5 Å². The van der Waals surface area contributed by atoms with Crippen LogP contribution >= 0.6 is 0 Å². The van der Waals surface area contributed by atoms with Crippen LogP contribution in [0.5, 0.6) is 0 Å². The fourth-order valence-electron chi connectivity index (χ4n) is 3.92. The van der Waals surface area contributed by atoms with Crippen LogP contribution in [0.15, 0.2) is 54.6 Å². The van der Waals surface area contributed by atoms with Crippen LogP contribution in [0, 0.1) is 11.8 Å². The second-order valence-electron chi connectivity index (χ2n) is 7.69. The van der Waals surface area contributed by atoms with Gasteiger partial charge in [-0.1, -0.05) is 49.3 Å². The van der Waals surface area contributed by atoms with Crippen LogP contribution in [0.1, 0.15) is 58.5 Å². The average molecular weight is 400 g/mol. The van der Waals surface area contributed by atoms with E-state index in [9.17, 15) is 9.59 Å². The monoisotopic (exact) mass is 400 g/mol. The summed E-state index contributed by atoms with van der Waals surface area (Å²) in [6.45, 7) is 0. The van der Waals surface area contributed by atoms with Gasteiger partial charge in [-0.3, -0.25) is 4.79 Å². The molecule has 0 unspecified atom stereocenters. The lowest BCUT2D eigenvalue weighted by Crippen LogP contribution is -2.48. The van der Waals surface area contributed by atoms with Gasteiger partial charge in [0.2, 0.25) is 0 Å². The predicted octanol–water partition coefficient (Wildman–Crippen LogP) is 4.44. The van der Waals surface area contributed by atoms with Crippen molar-refractivity contribution in [3.8, 4) is 11.8 Å². The highest BCUT2D eigenvalue weighted by Crippen LogP contribution is 2.28. The number of nitrogens with one attached hydrogen (secondary N) is 2. The molecule has 3 aromatic rings. The van der Waals surface area contributed by atoms with E-state index >= 15 is 0 Å². The van der Waals surface area contributed by atoms with Crippen LogP contribution in [0.25, 0.3) is 10.9 Å². The van der Waals surface area contributed by atoms with Gasteiger partial charge in [0.1, 0.15) is 11.2 Å². The second-order valence-corrected chi connectivity index (χ2v) is 7.69. The molecule has 1 amide bonds. The Labute approximate surface area is 175 Å². The molecule has 152 valence electrons. The summed E-state index contributed by atoms with van der Waals surface area (Å²) in [5, 5.41) is 4.21. The number of carbonyl (C=O) groups excluding carboxylic acids is 2. The Morgan fingerprint density at radius 1 is 1.03 bits per heavy atom. The van der Waals surface area contributed by atoms with Crippen molar-refractivity contribution in [2.75, 3.05) is 7.11 Å². The number of esters is 1. The molecule has 0 atom stereocenters. The first-order chi connectivity index (χ1) is 14.6. The zero-order chi connectivity index (χ0) is 21.0. The minimum Gasteiger partial charge on any atom is -0.465 e. The summed E-state index contributed by atoms with van der Waals surface area (Å²) in [6.07, 6.45) is 4.86. The molecule has 30 heavy (non-hydrogen) atoms. The van der Waals surface area contributed by atoms with E-state index in [2.05, 4.69) is 22.1 Å². The van der Waals surface area contributed by atoms with Gasteiger partial charge >= 0.3 is 5.97 Å². The molecular weight excluding hydrogens is 376 g/mol. The molecule has 0 aliphatic heterocycles. The van der Waals surface area contributed by atoms with E-state index in [-0.39, 0.29) is 11.9 Å². The minimum absolute atomic E-state index is 0.136. The number of ether oxygens (including phenoxy) is 1. The molecule has 0 bridgehead atoms. The lowest BCUT2D eigenvalue weighted by atomic mass is 9.81. The van der Waals surface area contributed by atoms with E-state index < -0.39 is 5.54 Å². The summed E-state index contributed by atoms with van der Waals surface area (Å²) >= 11 is 0. The van der Waals surface area contributed by atoms with Crippen molar-refractivity contribution < 1.29 is 14.3 Å². The number of rotatable bonds is 3. The topological polar surface area (TPSA) is 71.2 Å². The molecule has 1 saturated carbocycles. The first kappa shape index (κ1) is 19.8. The van der Waals surface area contributed by atoms with Crippen molar-refractivity contribution in [1.82, 2.24) is 10.3 Å². The van der Waals surface area contributed by atoms with Gasteiger partial charge in [0, 0.05) is 16.5 Å². The summed E-state index contributed by atoms with van der Waals surface area (Å²) in [7, 11) is 1.36. The molecule has 1 heterocycles. The van der Waals surface area contributed by atoms with Crippen molar-refractivity contribution in [1.29, 1.82) is 0 Å². The zero-order valence-corrected chi connectivity index (χ0v) is 17.0. The standard InChI is InChI=1S/C25H24N2O3/c1-30-24(29)19-11-9-18(10-12-19)13-16-25(14-5-2-6-15-25)27-23(28)22-17-20-7-3-4-8-21(20)26-22/h3-4,7-12,17,26H,2,5-6,14-15H2,1H3,(H,27,28). The summed E-state index contributed by atoms with van der Waals surface area (Å²) < 4.78 is 4.73. The molecule has 0 spiro atoms. The first-order valence-corrected chi connectivity index (χ1v) is 10.2. The highest BCUT2D eigenvalue weighted by Gasteiger charge is 2.32. The Bertz CT molecular complexity index is 1090. The van der Waals surface area contributed by atoms with E-state index in [1.165, 1.54) is 7.11 Å². The van der Waals surface area contributed by atoms with Gasteiger partial charge < -0.3 is 15.0 Å². The second kappa shape index (κ2) is 8.46. The smallest absolute Gasteiger partial charge is 0.337 e. The van der Waals surface area contributed by atoms with Crippen molar-refractivity contribution >= 4 is 22.8 Å². The maximum absolute atomic E-state index is 13.0. The van der Waals surface area contributed by atoms with Crippen LogP contribution in [0.3, 0.4) is 0 Å². The molecule has 5 nitrogen and oxygen atoms in total. The third-order valence-corrected chi connectivity index (χ3v) is 5.59. The molecule has 1 aliphatic rings. The molecule has 5 heteroatoms. The summed E-state index contributed by atoms with van der Waals surface area (Å²) in [4.78, 5) is 27.8. The lowest BCUT2D eigenvalue weighted by molar-refractivity contribution is 0.0600. The molecule has 4 rings (SSSR count). The SMILES string of the molecule is COC(=O)c1ccc(C#CC2(NC(=O)c3cc4ccccc4[nH]3)CCCCC2)cc1. The van der Waals surface area contributed by atoms with Gasteiger partial charge in [-0.15, -0.1) is 0 Å². The molecule has 0 radical (unpaired) electrons. The first-order valence-electron chi connectivity index (χ1n) is 10.2.